The molecule has 0 amide bonds. The van der Waals surface area contributed by atoms with E-state index < -0.39 is 0 Å². The number of ether oxygens (including phenoxy) is 1. The second-order valence-corrected chi connectivity index (χ2v) is 5.46. The van der Waals surface area contributed by atoms with E-state index in [9.17, 15) is 0 Å². The summed E-state index contributed by atoms with van der Waals surface area (Å²) >= 11 is 0. The third-order valence-corrected chi connectivity index (χ3v) is 4.22. The van der Waals surface area contributed by atoms with Gasteiger partial charge < -0.3 is 15.0 Å². The van der Waals surface area contributed by atoms with Gasteiger partial charge in [-0.25, -0.2) is 5.84 Å². The number of nitrogens with zero attached hydrogens (tertiary/aromatic N) is 4. The van der Waals surface area contributed by atoms with Crippen molar-refractivity contribution in [3.8, 4) is 0 Å². The average Bonchev–Trinajstić information content (AvgIpc) is 3.11. The Hall–Kier alpha value is -1.67. The quantitative estimate of drug-likeness (QED) is 0.521. The molecule has 0 radical (unpaired) electrons. The summed E-state index contributed by atoms with van der Waals surface area (Å²) in [6.45, 7) is 5.81. The summed E-state index contributed by atoms with van der Waals surface area (Å²) in [5.74, 6) is 7.03. The zero-order valence-corrected chi connectivity index (χ0v) is 12.5. The minimum Gasteiger partial charge on any atom is -0.373 e. The third-order valence-electron chi connectivity index (χ3n) is 4.22. The average molecular weight is 293 g/mol. The highest BCUT2D eigenvalue weighted by atomic mass is 16.5. The van der Waals surface area contributed by atoms with E-state index in [-0.39, 0.29) is 12.1 Å². The minimum absolute atomic E-state index is 0.276. The molecule has 1 aromatic heterocycles. The summed E-state index contributed by atoms with van der Waals surface area (Å²) in [7, 11) is 0. The zero-order valence-electron chi connectivity index (χ0n) is 12.5. The molecule has 0 aromatic carbocycles. The van der Waals surface area contributed by atoms with Gasteiger partial charge in [0.15, 0.2) is 0 Å². The number of hydrogen-bond donors (Lipinski definition) is 3. The predicted octanol–water partition coefficient (Wildman–Crippen LogP) is 0.735. The maximum absolute atomic E-state index is 5.85. The molecule has 0 spiro atoms. The molecular formula is C13H23N7O. The number of rotatable bonds is 6. The predicted molar refractivity (Wildman–Crippen MR) is 81.1 cm³/mol. The van der Waals surface area contributed by atoms with Crippen LogP contribution < -0.4 is 21.5 Å². The van der Waals surface area contributed by atoms with Crippen molar-refractivity contribution in [1.82, 2.24) is 15.0 Å². The number of anilines is 3. The molecule has 2 bridgehead atoms. The van der Waals surface area contributed by atoms with E-state index in [1.807, 2.05) is 0 Å². The van der Waals surface area contributed by atoms with Crippen LogP contribution in [0.1, 0.15) is 33.1 Å². The maximum atomic E-state index is 5.85. The van der Waals surface area contributed by atoms with Crippen LogP contribution >= 0.6 is 0 Å². The fraction of sp³-hybridized carbons (Fsp3) is 0.769. The van der Waals surface area contributed by atoms with Crippen molar-refractivity contribution in [3.05, 3.63) is 0 Å². The molecule has 3 rings (SSSR count). The standard InChI is InChI=1S/C13H23N7O/c1-3-20(4-2)13-17-11(16-12(18-13)19-14)15-9-7-8-5-6-10(9)21-8/h8-10H,3-7,14H2,1-2H3,(H2,15,16,17,18,19). The lowest BCUT2D eigenvalue weighted by Gasteiger charge is -2.22. The SMILES string of the molecule is CCN(CC)c1nc(NN)nc(NC2CC3CCC2O3)n1. The van der Waals surface area contributed by atoms with Gasteiger partial charge in [-0.15, -0.1) is 0 Å². The molecule has 116 valence electrons. The first-order valence-corrected chi connectivity index (χ1v) is 7.63. The van der Waals surface area contributed by atoms with Gasteiger partial charge in [0.1, 0.15) is 0 Å². The molecule has 8 heteroatoms. The van der Waals surface area contributed by atoms with Crippen LogP contribution in [0.25, 0.3) is 0 Å². The molecule has 3 heterocycles. The van der Waals surface area contributed by atoms with Crippen molar-refractivity contribution in [2.75, 3.05) is 28.7 Å². The van der Waals surface area contributed by atoms with E-state index in [2.05, 4.69) is 44.4 Å². The first-order chi connectivity index (χ1) is 10.2. The molecule has 2 fully saturated rings. The highest BCUT2D eigenvalue weighted by Crippen LogP contribution is 2.35. The van der Waals surface area contributed by atoms with E-state index in [0.717, 1.165) is 25.9 Å². The van der Waals surface area contributed by atoms with Gasteiger partial charge in [-0.05, 0) is 33.1 Å². The van der Waals surface area contributed by atoms with Crippen molar-refractivity contribution in [2.45, 2.75) is 51.4 Å². The van der Waals surface area contributed by atoms with Crippen molar-refractivity contribution < 1.29 is 4.74 Å². The summed E-state index contributed by atoms with van der Waals surface area (Å²) in [4.78, 5) is 15.2. The Bertz CT molecular complexity index is 493. The van der Waals surface area contributed by atoms with E-state index in [0.29, 0.717) is 23.9 Å². The van der Waals surface area contributed by atoms with Crippen molar-refractivity contribution in [1.29, 1.82) is 0 Å². The van der Waals surface area contributed by atoms with Crippen LogP contribution in [-0.4, -0.2) is 46.3 Å². The lowest BCUT2D eigenvalue weighted by molar-refractivity contribution is 0.102. The number of nitrogens with two attached hydrogens (primary N) is 1. The fourth-order valence-electron chi connectivity index (χ4n) is 3.10. The molecule has 2 aliphatic heterocycles. The van der Waals surface area contributed by atoms with Gasteiger partial charge in [0.25, 0.3) is 0 Å². The normalized spacial score (nSPS) is 26.9. The summed E-state index contributed by atoms with van der Waals surface area (Å²) in [5.41, 5.74) is 2.51. The van der Waals surface area contributed by atoms with E-state index in [4.69, 9.17) is 10.6 Å². The second kappa shape index (κ2) is 5.98. The van der Waals surface area contributed by atoms with Crippen LogP contribution in [0.3, 0.4) is 0 Å². The Morgan fingerprint density at radius 3 is 2.52 bits per heavy atom. The van der Waals surface area contributed by atoms with Crippen molar-refractivity contribution in [2.24, 2.45) is 5.84 Å². The molecule has 2 saturated heterocycles. The fourth-order valence-corrected chi connectivity index (χ4v) is 3.10. The molecule has 0 saturated carbocycles. The smallest absolute Gasteiger partial charge is 0.243 e. The summed E-state index contributed by atoms with van der Waals surface area (Å²) in [6.07, 6.45) is 3.96. The van der Waals surface area contributed by atoms with Crippen LogP contribution in [0, 0.1) is 0 Å². The molecule has 0 aliphatic carbocycles. The molecule has 2 aliphatic rings. The number of fused-ring (bicyclic) bond motifs is 2. The number of nitrogen functional groups attached to an aromatic ring is 1. The maximum Gasteiger partial charge on any atom is 0.243 e. The second-order valence-electron chi connectivity index (χ2n) is 5.46. The third kappa shape index (κ3) is 2.86. The van der Waals surface area contributed by atoms with Gasteiger partial charge in [-0.3, -0.25) is 5.43 Å². The highest BCUT2D eigenvalue weighted by Gasteiger charge is 2.41. The van der Waals surface area contributed by atoms with E-state index >= 15 is 0 Å². The lowest BCUT2D eigenvalue weighted by atomic mass is 9.96. The van der Waals surface area contributed by atoms with Gasteiger partial charge in [-0.1, -0.05) is 0 Å². The minimum atomic E-state index is 0.276. The van der Waals surface area contributed by atoms with Gasteiger partial charge in [-0.2, -0.15) is 15.0 Å². The zero-order chi connectivity index (χ0) is 14.8. The highest BCUT2D eigenvalue weighted by molar-refractivity contribution is 5.44. The van der Waals surface area contributed by atoms with E-state index in [1.54, 1.807) is 0 Å². The van der Waals surface area contributed by atoms with Crippen LogP contribution in [0.2, 0.25) is 0 Å². The number of aromatic nitrogens is 3. The first-order valence-electron chi connectivity index (χ1n) is 7.63. The van der Waals surface area contributed by atoms with Crippen LogP contribution in [0.4, 0.5) is 17.8 Å². The Morgan fingerprint density at radius 1 is 1.19 bits per heavy atom. The van der Waals surface area contributed by atoms with Crippen molar-refractivity contribution >= 4 is 17.8 Å². The van der Waals surface area contributed by atoms with E-state index in [1.165, 1.54) is 6.42 Å². The van der Waals surface area contributed by atoms with Gasteiger partial charge >= 0.3 is 0 Å². The Labute approximate surface area is 124 Å². The molecule has 21 heavy (non-hydrogen) atoms. The number of nitrogens with one attached hydrogen (secondary N) is 2. The molecule has 3 unspecified atom stereocenters. The molecule has 4 N–H and O–H groups in total. The molecule has 1 aromatic rings. The monoisotopic (exact) mass is 293 g/mol. The summed E-state index contributed by atoms with van der Waals surface area (Å²) in [5, 5.41) is 3.38. The first kappa shape index (κ1) is 14.3. The number of hydrazine groups is 1. The van der Waals surface area contributed by atoms with Crippen molar-refractivity contribution in [3.63, 3.8) is 0 Å². The lowest BCUT2D eigenvalue weighted by Crippen LogP contribution is -2.32. The summed E-state index contributed by atoms with van der Waals surface area (Å²) < 4.78 is 5.85. The Morgan fingerprint density at radius 2 is 1.95 bits per heavy atom. The van der Waals surface area contributed by atoms with Gasteiger partial charge in [0, 0.05) is 13.1 Å². The van der Waals surface area contributed by atoms with Crippen LogP contribution in [0.15, 0.2) is 0 Å². The largest absolute Gasteiger partial charge is 0.373 e. The van der Waals surface area contributed by atoms with Gasteiger partial charge in [0.2, 0.25) is 17.8 Å². The van der Waals surface area contributed by atoms with Crippen LogP contribution in [-0.2, 0) is 4.74 Å². The van der Waals surface area contributed by atoms with Gasteiger partial charge in [0.05, 0.1) is 18.2 Å². The number of hydrogen-bond acceptors (Lipinski definition) is 8. The molecular weight excluding hydrogens is 270 g/mol. The Balaban J connectivity index is 1.79. The summed E-state index contributed by atoms with van der Waals surface area (Å²) in [6, 6.07) is 0.279. The topological polar surface area (TPSA) is 101 Å². The Kier molecular flexibility index (Phi) is 4.07. The molecule has 3 atom stereocenters. The van der Waals surface area contributed by atoms with Crippen LogP contribution in [0.5, 0.6) is 0 Å². The molecule has 8 nitrogen and oxygen atoms in total.